The van der Waals surface area contributed by atoms with Crippen LogP contribution in [0, 0.1) is 10.1 Å². The summed E-state index contributed by atoms with van der Waals surface area (Å²) in [6, 6.07) is 18.8. The molecule has 0 aliphatic rings. The number of benzene rings is 3. The van der Waals surface area contributed by atoms with E-state index in [0.29, 0.717) is 10.2 Å². The first-order chi connectivity index (χ1) is 19.1. The monoisotopic (exact) mass is 582 g/mol. The van der Waals surface area contributed by atoms with E-state index in [1.165, 1.54) is 51.3 Å². The highest BCUT2D eigenvalue weighted by Gasteiger charge is 2.24. The average Bonchev–Trinajstić information content (AvgIpc) is 3.27. The largest absolute Gasteiger partial charge is 0.465 e. The van der Waals surface area contributed by atoms with Crippen LogP contribution in [0.15, 0.2) is 82.7 Å². The molecule has 11 nitrogen and oxygen atoms in total. The third-order valence-electron chi connectivity index (χ3n) is 5.96. The van der Waals surface area contributed by atoms with Crippen molar-refractivity contribution in [1.29, 1.82) is 0 Å². The van der Waals surface area contributed by atoms with Crippen LogP contribution < -0.4 is 4.80 Å². The Bertz CT molecular complexity index is 1730. The van der Waals surface area contributed by atoms with Crippen LogP contribution in [0.1, 0.15) is 29.8 Å². The maximum absolute atomic E-state index is 13.2. The van der Waals surface area contributed by atoms with Crippen LogP contribution in [0.25, 0.3) is 10.2 Å². The number of amides is 1. The second-order valence-electron chi connectivity index (χ2n) is 8.54. The Labute approximate surface area is 234 Å². The minimum atomic E-state index is -3.82. The number of non-ortho nitro benzene ring substituents is 1. The number of carbonyl (C=O) groups is 2. The lowest BCUT2D eigenvalue weighted by Gasteiger charge is -2.20. The van der Waals surface area contributed by atoms with Crippen molar-refractivity contribution in [3.8, 4) is 0 Å². The van der Waals surface area contributed by atoms with Gasteiger partial charge in [0.15, 0.2) is 4.80 Å². The predicted octanol–water partition coefficient (Wildman–Crippen LogP) is 4.13. The summed E-state index contributed by atoms with van der Waals surface area (Å²) in [5.41, 5.74) is 1.33. The van der Waals surface area contributed by atoms with Gasteiger partial charge in [0.2, 0.25) is 10.0 Å². The highest BCUT2D eigenvalue weighted by molar-refractivity contribution is 7.89. The third-order valence-corrected chi connectivity index (χ3v) is 8.94. The number of nitro benzene ring substituents is 1. The lowest BCUT2D eigenvalue weighted by Crippen LogP contribution is -2.30. The minimum Gasteiger partial charge on any atom is -0.465 e. The fraction of sp³-hybridized carbons (Fsp3) is 0.222. The molecule has 0 aliphatic heterocycles. The molecule has 0 spiro atoms. The Kier molecular flexibility index (Phi) is 8.87. The van der Waals surface area contributed by atoms with E-state index in [2.05, 4.69) is 4.99 Å². The first kappa shape index (κ1) is 28.8. The van der Waals surface area contributed by atoms with Gasteiger partial charge < -0.3 is 9.30 Å². The number of hydrogen-bond acceptors (Lipinski definition) is 8. The van der Waals surface area contributed by atoms with Crippen molar-refractivity contribution in [3.05, 3.63) is 98.8 Å². The van der Waals surface area contributed by atoms with E-state index in [1.54, 1.807) is 13.8 Å². The van der Waals surface area contributed by atoms with Crippen molar-refractivity contribution in [3.63, 3.8) is 0 Å². The molecule has 0 aliphatic carbocycles. The topological polar surface area (TPSA) is 141 Å². The summed E-state index contributed by atoms with van der Waals surface area (Å²) in [5.74, 6) is -1.22. The van der Waals surface area contributed by atoms with E-state index in [4.69, 9.17) is 4.74 Å². The molecule has 1 amide bonds. The zero-order chi connectivity index (χ0) is 28.9. The second-order valence-corrected chi connectivity index (χ2v) is 11.5. The van der Waals surface area contributed by atoms with Gasteiger partial charge in [0.25, 0.3) is 11.6 Å². The molecule has 0 N–H and O–H groups in total. The van der Waals surface area contributed by atoms with Crippen molar-refractivity contribution >= 4 is 49.1 Å². The van der Waals surface area contributed by atoms with Crippen LogP contribution in [-0.4, -0.2) is 47.2 Å². The summed E-state index contributed by atoms with van der Waals surface area (Å²) >= 11 is 1.01. The molecule has 3 aromatic carbocycles. The fourth-order valence-corrected chi connectivity index (χ4v) is 6.47. The van der Waals surface area contributed by atoms with Gasteiger partial charge in [-0.2, -0.15) is 9.30 Å². The van der Waals surface area contributed by atoms with Gasteiger partial charge in [-0.05, 0) is 42.8 Å². The van der Waals surface area contributed by atoms with Gasteiger partial charge >= 0.3 is 5.97 Å². The predicted molar refractivity (Wildman–Crippen MR) is 149 cm³/mol. The number of aromatic nitrogens is 1. The van der Waals surface area contributed by atoms with Gasteiger partial charge in [0.05, 0.1) is 26.6 Å². The maximum atomic E-state index is 13.2. The number of thiazole rings is 1. The van der Waals surface area contributed by atoms with E-state index in [0.717, 1.165) is 16.9 Å². The lowest BCUT2D eigenvalue weighted by atomic mass is 10.2. The van der Waals surface area contributed by atoms with Gasteiger partial charge in [-0.1, -0.05) is 48.6 Å². The highest BCUT2D eigenvalue weighted by atomic mass is 32.2. The number of fused-ring (bicyclic) bond motifs is 1. The summed E-state index contributed by atoms with van der Waals surface area (Å²) in [6.07, 6.45) is 0. The number of ether oxygens (including phenoxy) is 1. The SMILES string of the molecule is CCOC(=O)Cn1c(=NC(=O)c2ccc(S(=O)(=O)N(CC)Cc3ccccc3)cc2)sc2cc([N+](=O)[O-])ccc21. The van der Waals surface area contributed by atoms with Crippen molar-refractivity contribution < 1.29 is 27.7 Å². The van der Waals surface area contributed by atoms with E-state index < -0.39 is 26.8 Å². The molecule has 1 heterocycles. The van der Waals surface area contributed by atoms with Crippen molar-refractivity contribution in [2.45, 2.75) is 31.8 Å². The Morgan fingerprint density at radius 2 is 1.75 bits per heavy atom. The highest BCUT2D eigenvalue weighted by Crippen LogP contribution is 2.24. The molecule has 208 valence electrons. The molecule has 0 unspecified atom stereocenters. The van der Waals surface area contributed by atoms with Gasteiger partial charge in [-0.25, -0.2) is 8.42 Å². The zero-order valence-electron chi connectivity index (χ0n) is 21.7. The molecule has 0 saturated heterocycles. The molecule has 4 rings (SSSR count). The number of rotatable bonds is 10. The molecule has 40 heavy (non-hydrogen) atoms. The summed E-state index contributed by atoms with van der Waals surface area (Å²) < 4.78 is 34.8. The first-order valence-corrected chi connectivity index (χ1v) is 14.6. The van der Waals surface area contributed by atoms with Crippen LogP contribution >= 0.6 is 11.3 Å². The number of sulfonamides is 1. The van der Waals surface area contributed by atoms with E-state index in [9.17, 15) is 28.1 Å². The normalized spacial score (nSPS) is 12.1. The Morgan fingerprint density at radius 3 is 2.38 bits per heavy atom. The van der Waals surface area contributed by atoms with Crippen LogP contribution in [-0.2, 0) is 32.6 Å². The first-order valence-electron chi connectivity index (χ1n) is 12.3. The second kappa shape index (κ2) is 12.3. The van der Waals surface area contributed by atoms with E-state index in [1.807, 2.05) is 30.3 Å². The Morgan fingerprint density at radius 1 is 1.05 bits per heavy atom. The lowest BCUT2D eigenvalue weighted by molar-refractivity contribution is -0.384. The standard InChI is InChI=1S/C27H26N4O7S2/c1-3-29(17-19-8-6-5-7-9-19)40(36,37)22-13-10-20(11-14-22)26(33)28-27-30(18-25(32)38-4-2)23-15-12-21(31(34)35)16-24(23)39-27/h5-16H,3-4,17-18H2,1-2H3. The summed E-state index contributed by atoms with van der Waals surface area (Å²) in [6.45, 7) is 3.80. The maximum Gasteiger partial charge on any atom is 0.326 e. The van der Waals surface area contributed by atoms with Crippen molar-refractivity contribution in [2.75, 3.05) is 13.2 Å². The molecule has 0 saturated carbocycles. The van der Waals surface area contributed by atoms with Crippen molar-refractivity contribution in [2.24, 2.45) is 4.99 Å². The van der Waals surface area contributed by atoms with Gasteiger partial charge in [-0.3, -0.25) is 19.7 Å². The molecule has 4 aromatic rings. The number of nitro groups is 1. The number of carbonyl (C=O) groups excluding carboxylic acids is 2. The molecule has 0 atom stereocenters. The van der Waals surface area contributed by atoms with Gasteiger partial charge in [-0.15, -0.1) is 0 Å². The van der Waals surface area contributed by atoms with Gasteiger partial charge in [0.1, 0.15) is 6.54 Å². The van der Waals surface area contributed by atoms with E-state index >= 15 is 0 Å². The number of esters is 1. The molecule has 1 aromatic heterocycles. The summed E-state index contributed by atoms with van der Waals surface area (Å²) in [7, 11) is -3.82. The molecule has 0 radical (unpaired) electrons. The van der Waals surface area contributed by atoms with Crippen molar-refractivity contribution in [1.82, 2.24) is 8.87 Å². The quantitative estimate of drug-likeness (QED) is 0.156. The number of nitrogens with zero attached hydrogens (tertiary/aromatic N) is 4. The molecular formula is C27H26N4O7S2. The number of hydrogen-bond donors (Lipinski definition) is 0. The summed E-state index contributed by atoms with van der Waals surface area (Å²) in [4.78, 5) is 40.3. The third kappa shape index (κ3) is 6.33. The smallest absolute Gasteiger partial charge is 0.326 e. The zero-order valence-corrected chi connectivity index (χ0v) is 23.4. The van der Waals surface area contributed by atoms with Crippen LogP contribution in [0.3, 0.4) is 0 Å². The minimum absolute atomic E-state index is 0.0355. The Balaban J connectivity index is 1.66. The van der Waals surface area contributed by atoms with Crippen LogP contribution in [0.2, 0.25) is 0 Å². The molecule has 0 fully saturated rings. The average molecular weight is 583 g/mol. The molecular weight excluding hydrogens is 556 g/mol. The fourth-order valence-electron chi connectivity index (χ4n) is 3.97. The molecule has 13 heteroatoms. The Hall–Kier alpha value is -4.20. The van der Waals surface area contributed by atoms with Crippen LogP contribution in [0.4, 0.5) is 5.69 Å². The molecule has 0 bridgehead atoms. The summed E-state index contributed by atoms with van der Waals surface area (Å²) in [5, 5.41) is 11.2. The van der Waals surface area contributed by atoms with Crippen LogP contribution in [0.5, 0.6) is 0 Å². The van der Waals surface area contributed by atoms with Gasteiger partial charge in [0, 0.05) is 30.8 Å². The van der Waals surface area contributed by atoms with E-state index in [-0.39, 0.29) is 47.2 Å².